The summed E-state index contributed by atoms with van der Waals surface area (Å²) in [6.45, 7) is 6.05. The lowest BCUT2D eigenvalue weighted by Gasteiger charge is -2.10. The van der Waals surface area contributed by atoms with Crippen molar-refractivity contribution in [3.05, 3.63) is 46.1 Å². The zero-order valence-electron chi connectivity index (χ0n) is 16.3. The van der Waals surface area contributed by atoms with Crippen molar-refractivity contribution < 1.29 is 22.5 Å². The van der Waals surface area contributed by atoms with E-state index in [2.05, 4.69) is 19.0 Å². The van der Waals surface area contributed by atoms with Gasteiger partial charge >= 0.3 is 6.18 Å². The number of nitrogen functional groups attached to an aromatic ring is 1. The van der Waals surface area contributed by atoms with Crippen LogP contribution in [0.2, 0.25) is 5.02 Å². The minimum absolute atomic E-state index is 0.204. The van der Waals surface area contributed by atoms with Crippen LogP contribution in [0.25, 0.3) is 0 Å². The number of ketones is 1. The van der Waals surface area contributed by atoms with Gasteiger partial charge in [0.2, 0.25) is 5.88 Å². The highest BCUT2D eigenvalue weighted by atomic mass is 35.5. The fourth-order valence-electron chi connectivity index (χ4n) is 2.70. The zero-order valence-corrected chi connectivity index (χ0v) is 17.0. The lowest BCUT2D eigenvalue weighted by Crippen LogP contribution is -2.07. The molecule has 0 aliphatic carbocycles. The molecule has 1 aromatic carbocycles. The number of Topliss-reactive ketones (excluding diaryl/α,β-unsaturated/α-hetero) is 1. The molecule has 0 saturated heterocycles. The van der Waals surface area contributed by atoms with Gasteiger partial charge in [-0.1, -0.05) is 62.9 Å². The Hall–Kier alpha value is -2.02. The summed E-state index contributed by atoms with van der Waals surface area (Å²) >= 11 is 5.44. The molecule has 1 heterocycles. The predicted octanol–water partition coefficient (Wildman–Crippen LogP) is 6.58. The van der Waals surface area contributed by atoms with E-state index >= 15 is 0 Å². The maximum absolute atomic E-state index is 12.3. The van der Waals surface area contributed by atoms with E-state index in [4.69, 9.17) is 21.9 Å². The maximum Gasteiger partial charge on any atom is 0.417 e. The molecule has 1 unspecified atom stereocenters. The van der Waals surface area contributed by atoms with E-state index in [1.165, 1.54) is 19.3 Å². The number of hydrogen-bond donors (Lipinski definition) is 1. The van der Waals surface area contributed by atoms with Gasteiger partial charge in [0, 0.05) is 18.1 Å². The van der Waals surface area contributed by atoms with Gasteiger partial charge in [0.1, 0.15) is 0 Å². The minimum atomic E-state index is -4.48. The number of nitrogens with two attached hydrogens (primary N) is 1. The third kappa shape index (κ3) is 7.54. The summed E-state index contributed by atoms with van der Waals surface area (Å²) in [6, 6.07) is 4.83. The standard InChI is InChI=1S/C10H8ClF3O.C10H18N2O/c1-2-9(15)6-3-4-7(8(11)5-6)10(12,13)14;1-3-5-8(4-2)6-9-7-10(11)13-12-9/h3-5H,2H2,1H3;7-8H,3-6,11H2,1-2H3. The highest BCUT2D eigenvalue weighted by Gasteiger charge is 2.33. The molecule has 0 aliphatic rings. The van der Waals surface area contributed by atoms with E-state index < -0.39 is 16.8 Å². The average Bonchev–Trinajstić information content (AvgIpc) is 3.04. The van der Waals surface area contributed by atoms with E-state index in [1.54, 1.807) is 6.92 Å². The van der Waals surface area contributed by atoms with Crippen LogP contribution in [-0.2, 0) is 12.6 Å². The van der Waals surface area contributed by atoms with Crippen LogP contribution < -0.4 is 5.73 Å². The van der Waals surface area contributed by atoms with Gasteiger partial charge in [-0.2, -0.15) is 13.2 Å². The van der Waals surface area contributed by atoms with Gasteiger partial charge in [0.05, 0.1) is 16.3 Å². The molecule has 0 saturated carbocycles. The summed E-state index contributed by atoms with van der Waals surface area (Å²) in [5, 5.41) is 3.44. The molecular formula is C20H26ClF3N2O2. The van der Waals surface area contributed by atoms with Crippen molar-refractivity contribution in [1.82, 2.24) is 5.16 Å². The number of carbonyl (C=O) groups excluding carboxylic acids is 1. The van der Waals surface area contributed by atoms with Gasteiger partial charge in [-0.15, -0.1) is 0 Å². The van der Waals surface area contributed by atoms with E-state index in [9.17, 15) is 18.0 Å². The van der Waals surface area contributed by atoms with E-state index in [-0.39, 0.29) is 17.8 Å². The SMILES string of the molecule is CCC(=O)c1ccc(C(F)(F)F)c(Cl)c1.CCCC(CC)Cc1cc(N)on1. The van der Waals surface area contributed by atoms with Gasteiger partial charge in [-0.25, -0.2) is 0 Å². The summed E-state index contributed by atoms with van der Waals surface area (Å²) in [5.74, 6) is 0.904. The molecular weight excluding hydrogens is 393 g/mol. The van der Waals surface area contributed by atoms with Gasteiger partial charge in [0.25, 0.3) is 0 Å². The van der Waals surface area contributed by atoms with Crippen LogP contribution in [0.15, 0.2) is 28.8 Å². The first-order valence-corrected chi connectivity index (χ1v) is 9.61. The molecule has 4 nitrogen and oxygen atoms in total. The number of nitrogens with zero attached hydrogens (tertiary/aromatic N) is 1. The first kappa shape index (κ1) is 24.0. The minimum Gasteiger partial charge on any atom is -0.368 e. The Kier molecular flexibility index (Phi) is 9.52. The second-order valence-electron chi connectivity index (χ2n) is 6.46. The molecule has 1 aromatic heterocycles. The van der Waals surface area contributed by atoms with Crippen molar-refractivity contribution in [2.45, 2.75) is 59.1 Å². The van der Waals surface area contributed by atoms with Crippen LogP contribution in [0.5, 0.6) is 0 Å². The summed E-state index contributed by atoms with van der Waals surface area (Å²) < 4.78 is 41.7. The quantitative estimate of drug-likeness (QED) is 0.516. The molecule has 0 amide bonds. The molecule has 8 heteroatoms. The second-order valence-corrected chi connectivity index (χ2v) is 6.86. The largest absolute Gasteiger partial charge is 0.417 e. The summed E-state index contributed by atoms with van der Waals surface area (Å²) in [5.41, 5.74) is 5.71. The van der Waals surface area contributed by atoms with Crippen LogP contribution in [0.4, 0.5) is 19.1 Å². The van der Waals surface area contributed by atoms with Gasteiger partial charge in [-0.3, -0.25) is 4.79 Å². The van der Waals surface area contributed by atoms with Crippen molar-refractivity contribution >= 4 is 23.3 Å². The van der Waals surface area contributed by atoms with Crippen molar-refractivity contribution in [2.24, 2.45) is 5.92 Å². The van der Waals surface area contributed by atoms with Gasteiger partial charge in [0.15, 0.2) is 5.78 Å². The summed E-state index contributed by atoms with van der Waals surface area (Å²) in [7, 11) is 0. The third-order valence-corrected chi connectivity index (χ3v) is 4.58. The molecule has 156 valence electrons. The molecule has 0 aliphatic heterocycles. The number of rotatable bonds is 7. The molecule has 28 heavy (non-hydrogen) atoms. The number of anilines is 1. The van der Waals surface area contributed by atoms with Gasteiger partial charge < -0.3 is 10.3 Å². The van der Waals surface area contributed by atoms with E-state index in [1.807, 2.05) is 6.07 Å². The molecule has 2 N–H and O–H groups in total. The highest BCUT2D eigenvalue weighted by molar-refractivity contribution is 6.31. The lowest BCUT2D eigenvalue weighted by molar-refractivity contribution is -0.137. The maximum atomic E-state index is 12.3. The lowest BCUT2D eigenvalue weighted by atomic mass is 9.95. The van der Waals surface area contributed by atoms with E-state index in [0.717, 1.165) is 36.2 Å². The Morgan fingerprint density at radius 1 is 1.25 bits per heavy atom. The Morgan fingerprint density at radius 3 is 2.36 bits per heavy atom. The molecule has 0 fully saturated rings. The fraction of sp³-hybridized carbons (Fsp3) is 0.500. The Bertz CT molecular complexity index is 760. The van der Waals surface area contributed by atoms with E-state index in [0.29, 0.717) is 5.88 Å². The van der Waals surface area contributed by atoms with Crippen LogP contribution in [0, 0.1) is 5.92 Å². The normalized spacial score (nSPS) is 12.2. The molecule has 2 aromatic rings. The first-order chi connectivity index (χ1) is 13.1. The number of carbonyl (C=O) groups is 1. The van der Waals surface area contributed by atoms with Crippen LogP contribution in [0.3, 0.4) is 0 Å². The highest BCUT2D eigenvalue weighted by Crippen LogP contribution is 2.35. The topological polar surface area (TPSA) is 69.1 Å². The van der Waals surface area contributed by atoms with Crippen LogP contribution in [-0.4, -0.2) is 10.9 Å². The predicted molar refractivity (Wildman–Crippen MR) is 104 cm³/mol. The van der Waals surface area contributed by atoms with Crippen LogP contribution in [0.1, 0.15) is 68.1 Å². The number of aromatic nitrogens is 1. The van der Waals surface area contributed by atoms with Crippen molar-refractivity contribution in [3.63, 3.8) is 0 Å². The van der Waals surface area contributed by atoms with Crippen LogP contribution >= 0.6 is 11.6 Å². The van der Waals surface area contributed by atoms with Crippen molar-refractivity contribution in [2.75, 3.05) is 5.73 Å². The molecule has 2 rings (SSSR count). The van der Waals surface area contributed by atoms with Crippen molar-refractivity contribution in [3.8, 4) is 0 Å². The molecule has 0 bridgehead atoms. The monoisotopic (exact) mass is 418 g/mol. The molecule has 0 radical (unpaired) electrons. The number of hydrogen-bond acceptors (Lipinski definition) is 4. The smallest absolute Gasteiger partial charge is 0.368 e. The third-order valence-electron chi connectivity index (χ3n) is 4.27. The van der Waals surface area contributed by atoms with Crippen molar-refractivity contribution in [1.29, 1.82) is 0 Å². The Morgan fingerprint density at radius 2 is 1.93 bits per heavy atom. The van der Waals surface area contributed by atoms with Gasteiger partial charge in [-0.05, 0) is 24.5 Å². The number of halogens is 4. The summed E-state index contributed by atoms with van der Waals surface area (Å²) in [4.78, 5) is 11.2. The molecule has 1 atom stereocenters. The first-order valence-electron chi connectivity index (χ1n) is 9.23. The molecule has 0 spiro atoms. The Labute approximate surface area is 168 Å². The summed E-state index contributed by atoms with van der Waals surface area (Å²) in [6.07, 6.45) is 0.424. The second kappa shape index (κ2) is 11.1. The average molecular weight is 419 g/mol. The zero-order chi connectivity index (χ0) is 21.3. The fourth-order valence-corrected chi connectivity index (χ4v) is 2.99. The number of alkyl halides is 3. The Balaban J connectivity index is 0.000000283. The number of benzene rings is 1.